The van der Waals surface area contributed by atoms with Crippen molar-refractivity contribution in [1.29, 1.82) is 0 Å². The zero-order chi connectivity index (χ0) is 5.98. The van der Waals surface area contributed by atoms with E-state index in [1.165, 1.54) is 11.3 Å². The number of aromatic nitrogens is 2. The molecule has 0 bridgehead atoms. The summed E-state index contributed by atoms with van der Waals surface area (Å²) in [6.45, 7) is 0. The summed E-state index contributed by atoms with van der Waals surface area (Å²) in [6.07, 6.45) is 0.664. The van der Waals surface area contributed by atoms with Crippen molar-refractivity contribution < 1.29 is 4.79 Å². The molecule has 1 rings (SSSR count). The highest BCUT2D eigenvalue weighted by Gasteiger charge is 1.89. The molecule has 1 aromatic rings. The van der Waals surface area contributed by atoms with E-state index in [9.17, 15) is 4.79 Å². The number of nitrogens with one attached hydrogen (secondary N) is 1. The zero-order valence-corrected chi connectivity index (χ0v) is 5.38. The largest absolute Gasteiger partial charge is 0.295 e. The number of rotatable bonds is 1. The zero-order valence-electron chi connectivity index (χ0n) is 3.75. The van der Waals surface area contributed by atoms with Crippen LogP contribution in [0.5, 0.6) is 0 Å². The van der Waals surface area contributed by atoms with E-state index in [0.29, 0.717) is 15.2 Å². The monoisotopic (exact) mass is 146 g/mol. The van der Waals surface area contributed by atoms with Crippen LogP contribution in [0.15, 0.2) is 0 Å². The third kappa shape index (κ3) is 0.988. The predicted molar refractivity (Wildman–Crippen MR) is 32.7 cm³/mol. The van der Waals surface area contributed by atoms with E-state index in [1.807, 2.05) is 0 Å². The van der Waals surface area contributed by atoms with E-state index < -0.39 is 0 Å². The highest BCUT2D eigenvalue weighted by atomic mass is 32.1. The van der Waals surface area contributed by atoms with Gasteiger partial charge < -0.3 is 0 Å². The quantitative estimate of drug-likeness (QED) is 0.475. The Balaban J connectivity index is 3.18. The second kappa shape index (κ2) is 2.15. The lowest BCUT2D eigenvalue weighted by Crippen LogP contribution is -1.73. The van der Waals surface area contributed by atoms with Crippen LogP contribution in [0.4, 0.5) is 0 Å². The number of hydrogen-bond donors (Lipinski definition) is 1. The van der Waals surface area contributed by atoms with E-state index in [4.69, 9.17) is 0 Å². The Labute approximate surface area is 54.4 Å². The van der Waals surface area contributed by atoms with Crippen LogP contribution in [-0.4, -0.2) is 16.5 Å². The average molecular weight is 146 g/mol. The summed E-state index contributed by atoms with van der Waals surface area (Å²) < 4.78 is 0.534. The number of carbonyl (C=O) groups is 1. The van der Waals surface area contributed by atoms with Crippen LogP contribution >= 0.6 is 23.6 Å². The van der Waals surface area contributed by atoms with Gasteiger partial charge in [-0.15, -0.1) is 0 Å². The molecule has 1 aromatic heterocycles. The van der Waals surface area contributed by atoms with Crippen molar-refractivity contribution in [2.75, 3.05) is 0 Å². The molecule has 1 N–H and O–H groups in total. The van der Waals surface area contributed by atoms with E-state index in [2.05, 4.69) is 22.4 Å². The van der Waals surface area contributed by atoms with Crippen molar-refractivity contribution in [3.8, 4) is 0 Å². The molecular formula is C3H2N2OS2. The minimum Gasteiger partial charge on any atom is -0.295 e. The molecule has 0 spiro atoms. The van der Waals surface area contributed by atoms with Crippen LogP contribution in [0.2, 0.25) is 0 Å². The lowest BCUT2D eigenvalue weighted by atomic mass is 10.8. The third-order valence-electron chi connectivity index (χ3n) is 0.555. The molecule has 0 fully saturated rings. The molecule has 0 saturated carbocycles. The topological polar surface area (TPSA) is 45.8 Å². The molecule has 5 heteroatoms. The SMILES string of the molecule is O=Cc1n[nH]c(=S)s1. The fourth-order valence-electron chi connectivity index (χ4n) is 0.292. The number of aldehydes is 1. The highest BCUT2D eigenvalue weighted by Crippen LogP contribution is 1.99. The first-order valence-corrected chi connectivity index (χ1v) is 3.06. The molecular weight excluding hydrogens is 144 g/mol. The maximum absolute atomic E-state index is 9.90. The Morgan fingerprint density at radius 2 is 2.62 bits per heavy atom. The van der Waals surface area contributed by atoms with E-state index in [-0.39, 0.29) is 0 Å². The van der Waals surface area contributed by atoms with Crippen LogP contribution in [0, 0.1) is 3.95 Å². The summed E-state index contributed by atoms with van der Waals surface area (Å²) in [4.78, 5) is 9.90. The summed E-state index contributed by atoms with van der Waals surface area (Å²) in [5, 5.41) is 6.43. The summed E-state index contributed by atoms with van der Waals surface area (Å²) in [5.74, 6) is 0. The minimum atomic E-state index is 0.398. The number of nitrogens with zero attached hydrogens (tertiary/aromatic N) is 1. The maximum Gasteiger partial charge on any atom is 0.180 e. The van der Waals surface area contributed by atoms with Gasteiger partial charge in [0.15, 0.2) is 15.2 Å². The Kier molecular flexibility index (Phi) is 1.50. The summed E-state index contributed by atoms with van der Waals surface area (Å²) in [6, 6.07) is 0. The van der Waals surface area contributed by atoms with Gasteiger partial charge in [-0.3, -0.25) is 9.89 Å². The Hall–Kier alpha value is -0.550. The molecule has 8 heavy (non-hydrogen) atoms. The number of aromatic amines is 1. The molecule has 0 aliphatic heterocycles. The molecule has 0 aliphatic rings. The first-order chi connectivity index (χ1) is 3.83. The normalized spacial score (nSPS) is 9.00. The van der Waals surface area contributed by atoms with Crippen molar-refractivity contribution in [3.63, 3.8) is 0 Å². The van der Waals surface area contributed by atoms with Crippen molar-refractivity contribution >= 4 is 29.8 Å². The van der Waals surface area contributed by atoms with Gasteiger partial charge in [0.2, 0.25) is 0 Å². The number of H-pyrrole nitrogens is 1. The first kappa shape index (κ1) is 5.58. The van der Waals surface area contributed by atoms with Crippen molar-refractivity contribution in [3.05, 3.63) is 8.96 Å². The van der Waals surface area contributed by atoms with Gasteiger partial charge in [0.1, 0.15) is 0 Å². The molecule has 0 radical (unpaired) electrons. The van der Waals surface area contributed by atoms with E-state index >= 15 is 0 Å². The lowest BCUT2D eigenvalue weighted by Gasteiger charge is -1.63. The standard InChI is InChI=1S/C3H2N2OS2/c6-1-2-4-5-3(7)8-2/h1H,(H,5,7). The van der Waals surface area contributed by atoms with E-state index in [0.717, 1.165) is 0 Å². The molecule has 0 amide bonds. The fraction of sp³-hybridized carbons (Fsp3) is 0. The number of hydrogen-bond acceptors (Lipinski definition) is 4. The number of carbonyl (C=O) groups excluding carboxylic acids is 1. The van der Waals surface area contributed by atoms with Crippen LogP contribution in [0.3, 0.4) is 0 Å². The maximum atomic E-state index is 9.90. The van der Waals surface area contributed by atoms with Gasteiger partial charge in [-0.05, 0) is 12.2 Å². The third-order valence-corrected chi connectivity index (χ3v) is 1.57. The lowest BCUT2D eigenvalue weighted by molar-refractivity contribution is 0.112. The molecule has 0 unspecified atom stereocenters. The van der Waals surface area contributed by atoms with Crippen LogP contribution < -0.4 is 0 Å². The van der Waals surface area contributed by atoms with Gasteiger partial charge in [0.05, 0.1) is 0 Å². The second-order valence-electron chi connectivity index (χ2n) is 1.07. The second-order valence-corrected chi connectivity index (χ2v) is 2.77. The van der Waals surface area contributed by atoms with Gasteiger partial charge >= 0.3 is 0 Å². The molecule has 0 aromatic carbocycles. The van der Waals surface area contributed by atoms with Crippen molar-refractivity contribution in [2.45, 2.75) is 0 Å². The molecule has 0 saturated heterocycles. The highest BCUT2D eigenvalue weighted by molar-refractivity contribution is 7.73. The van der Waals surface area contributed by atoms with Crippen LogP contribution in [-0.2, 0) is 0 Å². The minimum absolute atomic E-state index is 0.398. The molecule has 0 aliphatic carbocycles. The summed E-state index contributed by atoms with van der Waals surface area (Å²) in [5.41, 5.74) is 0. The Morgan fingerprint density at radius 3 is 2.88 bits per heavy atom. The van der Waals surface area contributed by atoms with Gasteiger partial charge in [-0.2, -0.15) is 5.10 Å². The van der Waals surface area contributed by atoms with Crippen molar-refractivity contribution in [1.82, 2.24) is 10.2 Å². The molecule has 3 nitrogen and oxygen atoms in total. The van der Waals surface area contributed by atoms with Crippen LogP contribution in [0.1, 0.15) is 9.80 Å². The average Bonchev–Trinajstić information content (AvgIpc) is 2.14. The van der Waals surface area contributed by atoms with Crippen molar-refractivity contribution in [2.24, 2.45) is 0 Å². The van der Waals surface area contributed by atoms with Gasteiger partial charge in [-0.25, -0.2) is 0 Å². The summed E-state index contributed by atoms with van der Waals surface area (Å²) >= 11 is 5.81. The van der Waals surface area contributed by atoms with Crippen LogP contribution in [0.25, 0.3) is 0 Å². The Bertz CT molecular complexity index is 237. The molecule has 42 valence electrons. The van der Waals surface area contributed by atoms with Gasteiger partial charge in [-0.1, -0.05) is 11.3 Å². The molecule has 0 atom stereocenters. The first-order valence-electron chi connectivity index (χ1n) is 1.83. The smallest absolute Gasteiger partial charge is 0.180 e. The predicted octanol–water partition coefficient (Wildman–Crippen LogP) is 1.01. The van der Waals surface area contributed by atoms with E-state index in [1.54, 1.807) is 0 Å². The summed E-state index contributed by atoms with van der Waals surface area (Å²) in [7, 11) is 0. The fourth-order valence-corrected chi connectivity index (χ4v) is 1.01. The Morgan fingerprint density at radius 1 is 1.88 bits per heavy atom. The van der Waals surface area contributed by atoms with Gasteiger partial charge in [0, 0.05) is 0 Å². The molecule has 1 heterocycles. The van der Waals surface area contributed by atoms with Gasteiger partial charge in [0.25, 0.3) is 0 Å².